The van der Waals surface area contributed by atoms with Gasteiger partial charge in [-0.3, -0.25) is 14.4 Å². The molecule has 28 heavy (non-hydrogen) atoms. The zero-order valence-electron chi connectivity index (χ0n) is 14.9. The summed E-state index contributed by atoms with van der Waals surface area (Å²) in [5.74, 6) is -2.05. The first-order valence-electron chi connectivity index (χ1n) is 8.21. The smallest absolute Gasteiger partial charge is 0.306 e. The van der Waals surface area contributed by atoms with Crippen LogP contribution in [-0.4, -0.2) is 24.4 Å². The van der Waals surface area contributed by atoms with E-state index in [1.165, 1.54) is 24.3 Å². The van der Waals surface area contributed by atoms with Gasteiger partial charge in [0.1, 0.15) is 5.82 Å². The largest absolute Gasteiger partial charge is 0.456 e. The Morgan fingerprint density at radius 3 is 2.43 bits per heavy atom. The molecule has 0 saturated heterocycles. The number of hydrogen-bond donors (Lipinski definition) is 2. The molecule has 2 amide bonds. The van der Waals surface area contributed by atoms with Crippen LogP contribution in [0.5, 0.6) is 0 Å². The Bertz CT molecular complexity index is 890. The van der Waals surface area contributed by atoms with Gasteiger partial charge in [0.2, 0.25) is 5.91 Å². The molecule has 148 valence electrons. The van der Waals surface area contributed by atoms with Gasteiger partial charge in [0.25, 0.3) is 5.91 Å². The van der Waals surface area contributed by atoms with Crippen molar-refractivity contribution < 1.29 is 23.5 Å². The van der Waals surface area contributed by atoms with E-state index in [4.69, 9.17) is 16.3 Å². The van der Waals surface area contributed by atoms with Crippen molar-refractivity contribution >= 4 is 56.7 Å². The molecule has 0 aliphatic rings. The van der Waals surface area contributed by atoms with Crippen LogP contribution in [0.4, 0.5) is 15.8 Å². The van der Waals surface area contributed by atoms with Crippen molar-refractivity contribution in [2.45, 2.75) is 19.8 Å². The fourth-order valence-corrected chi connectivity index (χ4v) is 2.78. The number of rotatable bonds is 7. The topological polar surface area (TPSA) is 84.5 Å². The number of carbonyl (C=O) groups excluding carboxylic acids is 3. The SMILES string of the molecule is Cc1cc(Br)c(Cl)cc1NC(=O)COC(=O)CCC(=O)Nc1ccc(F)cc1. The molecule has 2 N–H and O–H groups in total. The number of carbonyl (C=O) groups is 3. The summed E-state index contributed by atoms with van der Waals surface area (Å²) in [5.41, 5.74) is 1.71. The highest BCUT2D eigenvalue weighted by Crippen LogP contribution is 2.28. The van der Waals surface area contributed by atoms with E-state index in [1.807, 2.05) is 0 Å². The number of hydrogen-bond acceptors (Lipinski definition) is 4. The van der Waals surface area contributed by atoms with Crippen LogP contribution in [0.2, 0.25) is 5.02 Å². The molecule has 0 aliphatic carbocycles. The highest BCUT2D eigenvalue weighted by molar-refractivity contribution is 9.10. The lowest BCUT2D eigenvalue weighted by Gasteiger charge is -2.10. The van der Waals surface area contributed by atoms with Gasteiger partial charge in [-0.05, 0) is 64.8 Å². The molecule has 2 aromatic carbocycles. The summed E-state index contributed by atoms with van der Waals surface area (Å²) >= 11 is 9.28. The normalized spacial score (nSPS) is 10.3. The lowest BCUT2D eigenvalue weighted by Crippen LogP contribution is -2.22. The van der Waals surface area contributed by atoms with E-state index in [1.54, 1.807) is 19.1 Å². The molecule has 0 atom stereocenters. The summed E-state index contributed by atoms with van der Waals surface area (Å²) < 4.78 is 18.4. The van der Waals surface area contributed by atoms with Crippen LogP contribution in [0.25, 0.3) is 0 Å². The van der Waals surface area contributed by atoms with Crippen LogP contribution in [0, 0.1) is 12.7 Å². The van der Waals surface area contributed by atoms with Crippen molar-refractivity contribution in [3.8, 4) is 0 Å². The molecule has 0 aromatic heterocycles. The van der Waals surface area contributed by atoms with Crippen molar-refractivity contribution in [2.75, 3.05) is 17.2 Å². The van der Waals surface area contributed by atoms with Crippen molar-refractivity contribution in [1.29, 1.82) is 0 Å². The van der Waals surface area contributed by atoms with Gasteiger partial charge in [0.05, 0.1) is 11.4 Å². The van der Waals surface area contributed by atoms with E-state index in [-0.39, 0.29) is 12.8 Å². The van der Waals surface area contributed by atoms with E-state index in [9.17, 15) is 18.8 Å². The number of benzene rings is 2. The number of halogens is 3. The first-order chi connectivity index (χ1) is 13.2. The fourth-order valence-electron chi connectivity index (χ4n) is 2.16. The van der Waals surface area contributed by atoms with E-state index >= 15 is 0 Å². The van der Waals surface area contributed by atoms with Gasteiger partial charge < -0.3 is 15.4 Å². The van der Waals surface area contributed by atoms with Crippen LogP contribution in [0.15, 0.2) is 40.9 Å². The van der Waals surface area contributed by atoms with Crippen molar-refractivity contribution in [1.82, 2.24) is 0 Å². The maximum Gasteiger partial charge on any atom is 0.306 e. The summed E-state index contributed by atoms with van der Waals surface area (Å²) in [6.45, 7) is 1.31. The zero-order chi connectivity index (χ0) is 20.7. The Kier molecular flexibility index (Phi) is 7.95. The van der Waals surface area contributed by atoms with Crippen molar-refractivity contribution in [3.63, 3.8) is 0 Å². The highest BCUT2D eigenvalue weighted by atomic mass is 79.9. The van der Waals surface area contributed by atoms with E-state index in [0.29, 0.717) is 20.9 Å². The Morgan fingerprint density at radius 2 is 1.75 bits per heavy atom. The van der Waals surface area contributed by atoms with Crippen molar-refractivity contribution in [3.05, 3.63) is 57.3 Å². The van der Waals surface area contributed by atoms with Crippen LogP contribution in [-0.2, 0) is 19.1 Å². The molecule has 6 nitrogen and oxygen atoms in total. The summed E-state index contributed by atoms with van der Waals surface area (Å²) in [7, 11) is 0. The second-order valence-electron chi connectivity index (χ2n) is 5.85. The number of amides is 2. The fraction of sp³-hybridized carbons (Fsp3) is 0.211. The Labute approximate surface area is 174 Å². The third kappa shape index (κ3) is 6.94. The maximum atomic E-state index is 12.8. The maximum absolute atomic E-state index is 12.8. The van der Waals surface area contributed by atoms with Gasteiger partial charge in [-0.15, -0.1) is 0 Å². The highest BCUT2D eigenvalue weighted by Gasteiger charge is 2.12. The van der Waals surface area contributed by atoms with E-state index in [0.717, 1.165) is 5.56 Å². The first kappa shape index (κ1) is 21.8. The van der Waals surface area contributed by atoms with Gasteiger partial charge in [-0.1, -0.05) is 11.6 Å². The Morgan fingerprint density at radius 1 is 1.07 bits per heavy atom. The zero-order valence-corrected chi connectivity index (χ0v) is 17.2. The van der Waals surface area contributed by atoms with Crippen LogP contribution >= 0.6 is 27.5 Å². The molecule has 2 aromatic rings. The van der Waals surface area contributed by atoms with Gasteiger partial charge in [-0.2, -0.15) is 0 Å². The lowest BCUT2D eigenvalue weighted by molar-refractivity contribution is -0.147. The third-order valence-corrected chi connectivity index (χ3v) is 4.79. The van der Waals surface area contributed by atoms with E-state index < -0.39 is 30.2 Å². The number of ether oxygens (including phenoxy) is 1. The summed E-state index contributed by atoms with van der Waals surface area (Å²) in [6, 6.07) is 8.58. The minimum Gasteiger partial charge on any atom is -0.456 e. The van der Waals surface area contributed by atoms with Gasteiger partial charge in [0, 0.05) is 22.3 Å². The summed E-state index contributed by atoms with van der Waals surface area (Å²) in [6.07, 6.45) is -0.317. The molecule has 0 fully saturated rings. The number of aryl methyl sites for hydroxylation is 1. The second-order valence-corrected chi connectivity index (χ2v) is 7.11. The molecule has 0 spiro atoms. The van der Waals surface area contributed by atoms with Crippen LogP contribution in [0.3, 0.4) is 0 Å². The molecule has 0 heterocycles. The molecule has 0 unspecified atom stereocenters. The third-order valence-electron chi connectivity index (χ3n) is 3.59. The number of esters is 1. The molecule has 2 rings (SSSR count). The summed E-state index contributed by atoms with van der Waals surface area (Å²) in [5, 5.41) is 5.57. The molecule has 0 saturated carbocycles. The minimum atomic E-state index is -0.685. The molecule has 0 aliphatic heterocycles. The first-order valence-corrected chi connectivity index (χ1v) is 9.38. The molecule has 0 bridgehead atoms. The number of nitrogens with one attached hydrogen (secondary N) is 2. The quantitative estimate of drug-likeness (QED) is 0.584. The molecule has 0 radical (unpaired) electrons. The minimum absolute atomic E-state index is 0.126. The molecular formula is C19H17BrClFN2O4. The van der Waals surface area contributed by atoms with Crippen LogP contribution in [0.1, 0.15) is 18.4 Å². The van der Waals surface area contributed by atoms with Crippen molar-refractivity contribution in [2.24, 2.45) is 0 Å². The standard InChI is InChI=1S/C19H17BrClFN2O4/c1-11-8-14(20)15(21)9-16(11)24-18(26)10-28-19(27)7-6-17(25)23-13-4-2-12(22)3-5-13/h2-5,8-9H,6-7,10H2,1H3,(H,23,25)(H,24,26). The predicted octanol–water partition coefficient (Wildman–Crippen LogP) is 4.45. The Balaban J connectivity index is 1.73. The molecular weight excluding hydrogens is 455 g/mol. The van der Waals surface area contributed by atoms with E-state index in [2.05, 4.69) is 26.6 Å². The predicted molar refractivity (Wildman–Crippen MR) is 108 cm³/mol. The Hall–Kier alpha value is -2.45. The van der Waals surface area contributed by atoms with Crippen LogP contribution < -0.4 is 10.6 Å². The number of anilines is 2. The lowest BCUT2D eigenvalue weighted by atomic mass is 10.2. The summed E-state index contributed by atoms with van der Waals surface area (Å²) in [4.78, 5) is 35.4. The van der Waals surface area contributed by atoms with Gasteiger partial charge in [0.15, 0.2) is 6.61 Å². The monoisotopic (exact) mass is 470 g/mol. The molecule has 9 heteroatoms. The van der Waals surface area contributed by atoms with Gasteiger partial charge in [-0.25, -0.2) is 4.39 Å². The average molecular weight is 472 g/mol. The van der Waals surface area contributed by atoms with Gasteiger partial charge >= 0.3 is 5.97 Å². The average Bonchev–Trinajstić information content (AvgIpc) is 2.64. The second kappa shape index (κ2) is 10.2.